The number of carbonyl (C=O) groups excluding carboxylic acids is 2. The van der Waals surface area contributed by atoms with Crippen molar-refractivity contribution in [1.29, 1.82) is 0 Å². The molecule has 0 spiro atoms. The van der Waals surface area contributed by atoms with Gasteiger partial charge in [-0.3, -0.25) is 9.59 Å². The van der Waals surface area contributed by atoms with Crippen LogP contribution in [0.3, 0.4) is 0 Å². The quantitative estimate of drug-likeness (QED) is 0.680. The number of methoxy groups -OCH3 is 1. The van der Waals surface area contributed by atoms with E-state index in [1.807, 2.05) is 29.2 Å². The molecule has 0 bridgehead atoms. The molecule has 2 aliphatic heterocycles. The lowest BCUT2D eigenvalue weighted by Gasteiger charge is -2.37. The standard InChI is InChI=1S/C25H32N2O5/c1-18-6-5-13-27(16-18)24(28)19-11-14-26(15-12-19)25(29)23-10-9-20(32-23)17-31-22-8-4-3-7-21(22)30-2/h3-4,7-10,18-19H,5-6,11-17H2,1-2H3. The van der Waals surface area contributed by atoms with Crippen LogP contribution in [0.15, 0.2) is 40.8 Å². The molecule has 7 nitrogen and oxygen atoms in total. The summed E-state index contributed by atoms with van der Waals surface area (Å²) in [7, 11) is 1.59. The number of nitrogens with zero attached hydrogens (tertiary/aromatic N) is 2. The molecule has 1 unspecified atom stereocenters. The van der Waals surface area contributed by atoms with Gasteiger partial charge in [0.25, 0.3) is 5.91 Å². The fourth-order valence-corrected chi connectivity index (χ4v) is 4.59. The second-order valence-electron chi connectivity index (χ2n) is 8.80. The molecule has 0 aliphatic carbocycles. The third kappa shape index (κ3) is 5.09. The van der Waals surface area contributed by atoms with Gasteiger partial charge < -0.3 is 23.7 Å². The summed E-state index contributed by atoms with van der Waals surface area (Å²) in [5, 5.41) is 0. The monoisotopic (exact) mass is 440 g/mol. The Bertz CT molecular complexity index is 932. The van der Waals surface area contributed by atoms with Gasteiger partial charge in [-0.1, -0.05) is 19.1 Å². The Labute approximate surface area is 189 Å². The van der Waals surface area contributed by atoms with Crippen LogP contribution in [0.25, 0.3) is 0 Å². The maximum atomic E-state index is 12.9. The van der Waals surface area contributed by atoms with Crippen molar-refractivity contribution in [2.45, 2.75) is 39.2 Å². The number of rotatable bonds is 6. The van der Waals surface area contributed by atoms with E-state index in [2.05, 4.69) is 6.92 Å². The third-order valence-electron chi connectivity index (χ3n) is 6.41. The van der Waals surface area contributed by atoms with Crippen LogP contribution in [0.4, 0.5) is 0 Å². The Morgan fingerprint density at radius 3 is 2.47 bits per heavy atom. The number of hydrogen-bond donors (Lipinski definition) is 0. The first-order chi connectivity index (χ1) is 15.5. The van der Waals surface area contributed by atoms with Gasteiger partial charge >= 0.3 is 0 Å². The molecule has 0 radical (unpaired) electrons. The predicted molar refractivity (Wildman–Crippen MR) is 120 cm³/mol. The van der Waals surface area contributed by atoms with E-state index in [0.29, 0.717) is 54.9 Å². The van der Waals surface area contributed by atoms with E-state index in [1.165, 1.54) is 6.42 Å². The molecule has 1 aromatic carbocycles. The van der Waals surface area contributed by atoms with Crippen LogP contribution in [0, 0.1) is 11.8 Å². The van der Waals surface area contributed by atoms with E-state index in [-0.39, 0.29) is 24.3 Å². The van der Waals surface area contributed by atoms with Gasteiger partial charge in [0.15, 0.2) is 17.3 Å². The highest BCUT2D eigenvalue weighted by Gasteiger charge is 2.32. The van der Waals surface area contributed by atoms with Crippen molar-refractivity contribution >= 4 is 11.8 Å². The molecule has 2 aromatic rings. The number of ether oxygens (including phenoxy) is 2. The van der Waals surface area contributed by atoms with E-state index in [0.717, 1.165) is 19.5 Å². The molecule has 2 aliphatic rings. The van der Waals surface area contributed by atoms with Crippen molar-refractivity contribution in [3.63, 3.8) is 0 Å². The molecule has 2 saturated heterocycles. The van der Waals surface area contributed by atoms with Crippen LogP contribution in [0.1, 0.15) is 48.9 Å². The average Bonchev–Trinajstić information content (AvgIpc) is 3.31. The fourth-order valence-electron chi connectivity index (χ4n) is 4.59. The highest BCUT2D eigenvalue weighted by atomic mass is 16.5. The second-order valence-corrected chi connectivity index (χ2v) is 8.80. The first-order valence-corrected chi connectivity index (χ1v) is 11.5. The minimum absolute atomic E-state index is 0.0192. The van der Waals surface area contributed by atoms with Gasteiger partial charge in [0.05, 0.1) is 7.11 Å². The fraction of sp³-hybridized carbons (Fsp3) is 0.520. The van der Waals surface area contributed by atoms with Crippen LogP contribution in [0.5, 0.6) is 11.5 Å². The minimum Gasteiger partial charge on any atom is -0.493 e. The molecular formula is C25H32N2O5. The van der Waals surface area contributed by atoms with Gasteiger partial charge in [-0.15, -0.1) is 0 Å². The van der Waals surface area contributed by atoms with Crippen LogP contribution in [-0.4, -0.2) is 54.9 Å². The minimum atomic E-state index is -0.133. The number of hydrogen-bond acceptors (Lipinski definition) is 5. The molecule has 2 fully saturated rings. The molecule has 1 atom stereocenters. The third-order valence-corrected chi connectivity index (χ3v) is 6.41. The average molecular weight is 441 g/mol. The van der Waals surface area contributed by atoms with Crippen LogP contribution in [-0.2, 0) is 11.4 Å². The van der Waals surface area contributed by atoms with E-state index in [1.54, 1.807) is 24.1 Å². The lowest BCUT2D eigenvalue weighted by Crippen LogP contribution is -2.46. The van der Waals surface area contributed by atoms with Crippen LogP contribution < -0.4 is 9.47 Å². The first kappa shape index (κ1) is 22.2. The summed E-state index contributed by atoms with van der Waals surface area (Å²) >= 11 is 0. The summed E-state index contributed by atoms with van der Waals surface area (Å²) in [6.07, 6.45) is 3.71. The number of amides is 2. The topological polar surface area (TPSA) is 72.2 Å². The summed E-state index contributed by atoms with van der Waals surface area (Å²) in [5.41, 5.74) is 0. The second kappa shape index (κ2) is 10.1. The highest BCUT2D eigenvalue weighted by Crippen LogP contribution is 2.28. The molecule has 7 heteroatoms. The predicted octanol–water partition coefficient (Wildman–Crippen LogP) is 3.98. The zero-order chi connectivity index (χ0) is 22.5. The van der Waals surface area contributed by atoms with E-state index >= 15 is 0 Å². The van der Waals surface area contributed by atoms with Gasteiger partial charge in [0.1, 0.15) is 12.4 Å². The number of para-hydroxylation sites is 2. The maximum Gasteiger partial charge on any atom is 0.289 e. The highest BCUT2D eigenvalue weighted by molar-refractivity contribution is 5.91. The van der Waals surface area contributed by atoms with E-state index in [4.69, 9.17) is 13.9 Å². The number of piperidine rings is 2. The van der Waals surface area contributed by atoms with E-state index in [9.17, 15) is 9.59 Å². The molecule has 32 heavy (non-hydrogen) atoms. The van der Waals surface area contributed by atoms with Crippen molar-refractivity contribution < 1.29 is 23.5 Å². The Hall–Kier alpha value is -2.96. The first-order valence-electron chi connectivity index (χ1n) is 11.5. The molecule has 1 aromatic heterocycles. The smallest absolute Gasteiger partial charge is 0.289 e. The number of furan rings is 1. The Balaban J connectivity index is 1.28. The summed E-state index contributed by atoms with van der Waals surface area (Å²) in [5.74, 6) is 2.87. The summed E-state index contributed by atoms with van der Waals surface area (Å²) in [6.45, 7) is 5.30. The molecular weight excluding hydrogens is 408 g/mol. The Morgan fingerprint density at radius 1 is 1.00 bits per heavy atom. The van der Waals surface area contributed by atoms with Crippen molar-refractivity contribution in [2.24, 2.45) is 11.8 Å². The largest absolute Gasteiger partial charge is 0.493 e. The van der Waals surface area contributed by atoms with Crippen molar-refractivity contribution in [3.05, 3.63) is 47.9 Å². The summed E-state index contributed by atoms with van der Waals surface area (Å²) < 4.78 is 16.8. The number of likely N-dealkylation sites (tertiary alicyclic amines) is 2. The van der Waals surface area contributed by atoms with Gasteiger partial charge in [-0.25, -0.2) is 0 Å². The molecule has 4 rings (SSSR count). The zero-order valence-corrected chi connectivity index (χ0v) is 18.9. The van der Waals surface area contributed by atoms with Gasteiger partial charge in [-0.05, 0) is 55.9 Å². The van der Waals surface area contributed by atoms with Crippen molar-refractivity contribution in [2.75, 3.05) is 33.3 Å². The summed E-state index contributed by atoms with van der Waals surface area (Å²) in [6, 6.07) is 10.8. The Morgan fingerprint density at radius 2 is 1.75 bits per heavy atom. The molecule has 172 valence electrons. The van der Waals surface area contributed by atoms with Gasteiger partial charge in [-0.2, -0.15) is 0 Å². The normalized spacial score (nSPS) is 19.6. The summed E-state index contributed by atoms with van der Waals surface area (Å²) in [4.78, 5) is 29.6. The SMILES string of the molecule is COc1ccccc1OCc1ccc(C(=O)N2CCC(C(=O)N3CCCC(C)C3)CC2)o1. The molecule has 0 saturated carbocycles. The number of carbonyl (C=O) groups is 2. The number of benzene rings is 1. The molecule has 3 heterocycles. The van der Waals surface area contributed by atoms with Crippen LogP contribution >= 0.6 is 0 Å². The Kier molecular flexibility index (Phi) is 7.02. The van der Waals surface area contributed by atoms with Crippen molar-refractivity contribution in [1.82, 2.24) is 9.80 Å². The lowest BCUT2D eigenvalue weighted by molar-refractivity contribution is -0.138. The molecule has 0 N–H and O–H groups in total. The molecule has 2 amide bonds. The van der Waals surface area contributed by atoms with Gasteiger partial charge in [0, 0.05) is 32.1 Å². The lowest BCUT2D eigenvalue weighted by atomic mass is 9.92. The van der Waals surface area contributed by atoms with Gasteiger partial charge in [0.2, 0.25) is 5.91 Å². The maximum absolute atomic E-state index is 12.9. The van der Waals surface area contributed by atoms with Crippen molar-refractivity contribution in [3.8, 4) is 11.5 Å². The zero-order valence-electron chi connectivity index (χ0n) is 18.9. The van der Waals surface area contributed by atoms with E-state index < -0.39 is 0 Å². The van der Waals surface area contributed by atoms with Crippen LogP contribution in [0.2, 0.25) is 0 Å².